The van der Waals surface area contributed by atoms with Gasteiger partial charge in [0.15, 0.2) is 0 Å². The second kappa shape index (κ2) is 6.76. The Kier molecular flexibility index (Phi) is 5.09. The normalized spacial score (nSPS) is 45.8. The molecule has 2 saturated heterocycles. The first-order chi connectivity index (χ1) is 12.2. The fourth-order valence-electron chi connectivity index (χ4n) is 4.17. The van der Waals surface area contributed by atoms with Crippen LogP contribution in [0.1, 0.15) is 41.0 Å². The summed E-state index contributed by atoms with van der Waals surface area (Å²) in [7, 11) is 0. The molecule has 0 aromatic carbocycles. The second-order valence-corrected chi connectivity index (χ2v) is 7.27. The van der Waals surface area contributed by atoms with Crippen LogP contribution in [0.2, 0.25) is 0 Å². The molecule has 0 aromatic heterocycles. The highest BCUT2D eigenvalue weighted by Gasteiger charge is 2.62. The molecule has 26 heavy (non-hydrogen) atoms. The first-order valence-electron chi connectivity index (χ1n) is 9.19. The van der Waals surface area contributed by atoms with Crippen molar-refractivity contribution >= 4 is 5.97 Å². The van der Waals surface area contributed by atoms with Gasteiger partial charge < -0.3 is 34.5 Å². The van der Waals surface area contributed by atoms with Gasteiger partial charge in [0.25, 0.3) is 0 Å². The zero-order chi connectivity index (χ0) is 19.3. The number of nitrogens with two attached hydrogens (primary N) is 1. The van der Waals surface area contributed by atoms with E-state index in [0.717, 1.165) is 0 Å². The van der Waals surface area contributed by atoms with Crippen LogP contribution in [0.3, 0.4) is 0 Å². The van der Waals surface area contributed by atoms with E-state index in [2.05, 4.69) is 0 Å². The third-order valence-corrected chi connectivity index (χ3v) is 5.63. The average molecular weight is 371 g/mol. The molecule has 0 saturated carbocycles. The third-order valence-electron chi connectivity index (χ3n) is 5.63. The summed E-state index contributed by atoms with van der Waals surface area (Å²) in [6.45, 7) is 9.76. The number of carbonyl (C=O) groups excluding carboxylic acids is 1. The van der Waals surface area contributed by atoms with Crippen LogP contribution in [-0.4, -0.2) is 60.2 Å². The maximum absolute atomic E-state index is 12.3. The van der Waals surface area contributed by atoms with Gasteiger partial charge in [0.05, 0.1) is 23.8 Å². The maximum atomic E-state index is 12.3. The fourth-order valence-corrected chi connectivity index (χ4v) is 4.17. The number of carbonyl (C=O) groups is 1. The SMILES string of the molecule is CCO[C@@]1(C)O[C@@H]2[C@@H]3C(=C(O)C[C@H]2O[C@]1(C)OCC)C(=O)O[C@H](C)[C@@H]3N. The molecule has 2 aliphatic heterocycles. The van der Waals surface area contributed by atoms with Gasteiger partial charge in [-0.1, -0.05) is 0 Å². The van der Waals surface area contributed by atoms with E-state index in [4.69, 9.17) is 29.4 Å². The van der Waals surface area contributed by atoms with E-state index < -0.39 is 47.8 Å². The van der Waals surface area contributed by atoms with Gasteiger partial charge in [0, 0.05) is 25.6 Å². The van der Waals surface area contributed by atoms with Crippen molar-refractivity contribution in [2.45, 2.75) is 77.0 Å². The maximum Gasteiger partial charge on any atom is 0.338 e. The standard InChI is InChI=1S/C18H29NO7/c1-6-22-17(4)18(5,23-7-2)26-15-11(25-17)8-10(20)12-13(15)14(19)9(3)24-16(12)21/h9,11,13-15,20H,6-8,19H2,1-5H3/t9-,11-,13-,14+,15+,17+,18+/m1/s1. The molecule has 0 spiro atoms. The van der Waals surface area contributed by atoms with Crippen molar-refractivity contribution in [2.75, 3.05) is 13.2 Å². The molecule has 3 aliphatic rings. The molecule has 0 amide bonds. The monoisotopic (exact) mass is 371 g/mol. The van der Waals surface area contributed by atoms with E-state index in [9.17, 15) is 9.90 Å². The highest BCUT2D eigenvalue weighted by Crippen LogP contribution is 2.48. The molecule has 2 heterocycles. The molecule has 2 fully saturated rings. The fraction of sp³-hybridized carbons (Fsp3) is 0.833. The summed E-state index contributed by atoms with van der Waals surface area (Å²) in [5.74, 6) is -3.52. The van der Waals surface area contributed by atoms with Gasteiger partial charge in [-0.25, -0.2) is 4.79 Å². The van der Waals surface area contributed by atoms with Crippen LogP contribution in [0.15, 0.2) is 11.3 Å². The number of hydrogen-bond donors (Lipinski definition) is 2. The number of ether oxygens (including phenoxy) is 5. The van der Waals surface area contributed by atoms with Crippen molar-refractivity contribution in [1.82, 2.24) is 0 Å². The predicted octanol–water partition coefficient (Wildman–Crippen LogP) is 1.38. The lowest BCUT2D eigenvalue weighted by molar-refractivity contribution is -0.460. The molecule has 0 aromatic rings. The van der Waals surface area contributed by atoms with Crippen LogP contribution in [-0.2, 0) is 28.5 Å². The number of fused-ring (bicyclic) bond motifs is 3. The van der Waals surface area contributed by atoms with Crippen molar-refractivity contribution in [3.63, 3.8) is 0 Å². The lowest BCUT2D eigenvalue weighted by Gasteiger charge is -2.56. The Morgan fingerprint density at radius 2 is 1.77 bits per heavy atom. The van der Waals surface area contributed by atoms with E-state index in [-0.39, 0.29) is 17.8 Å². The highest BCUT2D eigenvalue weighted by molar-refractivity contribution is 5.91. The summed E-state index contributed by atoms with van der Waals surface area (Å²) in [4.78, 5) is 12.3. The summed E-state index contributed by atoms with van der Waals surface area (Å²) in [6, 6.07) is -0.524. The summed E-state index contributed by atoms with van der Waals surface area (Å²) in [5, 5.41) is 10.5. The smallest absolute Gasteiger partial charge is 0.338 e. The Balaban J connectivity index is 2.02. The highest BCUT2D eigenvalue weighted by atomic mass is 16.8. The summed E-state index contributed by atoms with van der Waals surface area (Å²) < 4.78 is 29.6. The minimum Gasteiger partial charge on any atom is -0.512 e. The van der Waals surface area contributed by atoms with Crippen molar-refractivity contribution in [1.29, 1.82) is 0 Å². The molecule has 0 bridgehead atoms. The van der Waals surface area contributed by atoms with Gasteiger partial charge >= 0.3 is 5.97 Å². The lowest BCUT2D eigenvalue weighted by Crippen LogP contribution is -2.70. The van der Waals surface area contributed by atoms with E-state index in [1.807, 2.05) is 13.8 Å². The predicted molar refractivity (Wildman–Crippen MR) is 91.1 cm³/mol. The molecule has 3 N–H and O–H groups in total. The zero-order valence-corrected chi connectivity index (χ0v) is 16.0. The van der Waals surface area contributed by atoms with E-state index in [1.165, 1.54) is 0 Å². The van der Waals surface area contributed by atoms with Crippen molar-refractivity contribution in [3.05, 3.63) is 11.3 Å². The van der Waals surface area contributed by atoms with E-state index >= 15 is 0 Å². The van der Waals surface area contributed by atoms with E-state index in [0.29, 0.717) is 13.2 Å². The number of esters is 1. The van der Waals surface area contributed by atoms with Gasteiger partial charge in [-0.3, -0.25) is 0 Å². The Morgan fingerprint density at radius 1 is 1.19 bits per heavy atom. The topological polar surface area (TPSA) is 109 Å². The summed E-state index contributed by atoms with van der Waals surface area (Å²) >= 11 is 0. The molecule has 1 aliphatic carbocycles. The van der Waals surface area contributed by atoms with Crippen molar-refractivity contribution in [2.24, 2.45) is 11.7 Å². The van der Waals surface area contributed by atoms with Crippen LogP contribution in [0.5, 0.6) is 0 Å². The van der Waals surface area contributed by atoms with Crippen LogP contribution < -0.4 is 5.73 Å². The Hall–Kier alpha value is -1.19. The summed E-state index contributed by atoms with van der Waals surface area (Å²) in [5.41, 5.74) is 6.50. The molecule has 8 nitrogen and oxygen atoms in total. The number of aliphatic hydroxyl groups excluding tert-OH is 1. The van der Waals surface area contributed by atoms with Gasteiger partial charge in [0.2, 0.25) is 11.6 Å². The van der Waals surface area contributed by atoms with Crippen molar-refractivity contribution in [3.8, 4) is 0 Å². The quantitative estimate of drug-likeness (QED) is 0.714. The Bertz CT molecular complexity index is 608. The van der Waals surface area contributed by atoms with Gasteiger partial charge in [-0.05, 0) is 34.6 Å². The van der Waals surface area contributed by atoms with Crippen molar-refractivity contribution < 1.29 is 33.6 Å². The average Bonchev–Trinajstić information content (AvgIpc) is 2.54. The van der Waals surface area contributed by atoms with Gasteiger partial charge in [-0.15, -0.1) is 0 Å². The second-order valence-electron chi connectivity index (χ2n) is 7.27. The largest absolute Gasteiger partial charge is 0.512 e. The molecule has 8 heteroatoms. The Labute approximate surface area is 153 Å². The number of cyclic esters (lactones) is 1. The van der Waals surface area contributed by atoms with Gasteiger partial charge in [-0.2, -0.15) is 0 Å². The molecule has 7 atom stereocenters. The number of rotatable bonds is 4. The lowest BCUT2D eigenvalue weighted by atomic mass is 9.74. The summed E-state index contributed by atoms with van der Waals surface area (Å²) in [6.07, 6.45) is -1.45. The molecular formula is C18H29NO7. The Morgan fingerprint density at radius 3 is 2.35 bits per heavy atom. The van der Waals surface area contributed by atoms with Crippen LogP contribution in [0.25, 0.3) is 0 Å². The minimum atomic E-state index is -1.19. The first-order valence-corrected chi connectivity index (χ1v) is 9.19. The van der Waals surface area contributed by atoms with Crippen LogP contribution in [0, 0.1) is 5.92 Å². The molecule has 0 radical (unpaired) electrons. The molecule has 0 unspecified atom stereocenters. The third kappa shape index (κ3) is 2.84. The van der Waals surface area contributed by atoms with Crippen LogP contribution in [0.4, 0.5) is 0 Å². The van der Waals surface area contributed by atoms with E-state index in [1.54, 1.807) is 20.8 Å². The number of aliphatic hydroxyl groups is 1. The first kappa shape index (κ1) is 19.6. The van der Waals surface area contributed by atoms with Gasteiger partial charge in [0.1, 0.15) is 11.9 Å². The number of hydrogen-bond acceptors (Lipinski definition) is 8. The molecule has 3 rings (SSSR count). The van der Waals surface area contributed by atoms with Crippen LogP contribution >= 0.6 is 0 Å². The zero-order valence-electron chi connectivity index (χ0n) is 16.0. The molecule has 148 valence electrons. The minimum absolute atomic E-state index is 0.0638. The molecular weight excluding hydrogens is 342 g/mol.